The minimum Gasteiger partial charge on any atom is -0.497 e. The van der Waals surface area contributed by atoms with Crippen molar-refractivity contribution >= 4 is 17.2 Å². The van der Waals surface area contributed by atoms with Gasteiger partial charge in [-0.3, -0.25) is 4.79 Å². The summed E-state index contributed by atoms with van der Waals surface area (Å²) in [6, 6.07) is 7.46. The summed E-state index contributed by atoms with van der Waals surface area (Å²) in [4.78, 5) is 16.1. The van der Waals surface area contributed by atoms with Gasteiger partial charge in [-0.25, -0.2) is 4.98 Å². The lowest BCUT2D eigenvalue weighted by molar-refractivity contribution is 0.0938. The molecule has 0 fully saturated rings. The predicted molar refractivity (Wildman–Crippen MR) is 82.0 cm³/mol. The van der Waals surface area contributed by atoms with Gasteiger partial charge in [-0.2, -0.15) is 0 Å². The maximum Gasteiger partial charge on any atom is 0.270 e. The molecule has 2 rings (SSSR count). The van der Waals surface area contributed by atoms with E-state index in [1.807, 2.05) is 32.0 Å². The van der Waals surface area contributed by atoms with Gasteiger partial charge < -0.3 is 14.8 Å². The summed E-state index contributed by atoms with van der Waals surface area (Å²) in [6.45, 7) is 4.15. The predicted octanol–water partition coefficient (Wildman–Crippen LogP) is 2.87. The molecule has 21 heavy (non-hydrogen) atoms. The first-order valence-electron chi connectivity index (χ1n) is 6.60. The van der Waals surface area contributed by atoms with Crippen molar-refractivity contribution in [2.75, 3.05) is 7.11 Å². The molecular formula is C15H18N2O3S. The van der Waals surface area contributed by atoms with Crippen molar-refractivity contribution < 1.29 is 14.3 Å². The fraction of sp³-hybridized carbons (Fsp3) is 0.333. The van der Waals surface area contributed by atoms with Crippen LogP contribution in [0.5, 0.6) is 11.5 Å². The number of rotatable bonds is 6. The van der Waals surface area contributed by atoms with Gasteiger partial charge in [0.2, 0.25) is 0 Å². The van der Waals surface area contributed by atoms with Gasteiger partial charge >= 0.3 is 0 Å². The summed E-state index contributed by atoms with van der Waals surface area (Å²) in [5, 5.41) is 5.30. The van der Waals surface area contributed by atoms with E-state index in [1.165, 1.54) is 11.3 Å². The SMILES string of the molecule is COc1cccc(OCc2nc(C(=O)NC(C)C)cs2)c1. The zero-order valence-electron chi connectivity index (χ0n) is 12.3. The van der Waals surface area contributed by atoms with Crippen LogP contribution in [-0.2, 0) is 6.61 Å². The van der Waals surface area contributed by atoms with E-state index in [0.29, 0.717) is 18.1 Å². The van der Waals surface area contributed by atoms with Crippen LogP contribution in [0.25, 0.3) is 0 Å². The van der Waals surface area contributed by atoms with E-state index in [2.05, 4.69) is 10.3 Å². The summed E-state index contributed by atoms with van der Waals surface area (Å²) < 4.78 is 10.8. The van der Waals surface area contributed by atoms with Crippen LogP contribution in [0.3, 0.4) is 0 Å². The van der Waals surface area contributed by atoms with Crippen molar-refractivity contribution in [1.82, 2.24) is 10.3 Å². The molecule has 0 aliphatic heterocycles. The molecule has 1 amide bonds. The molecule has 0 unspecified atom stereocenters. The highest BCUT2D eigenvalue weighted by Gasteiger charge is 2.11. The van der Waals surface area contributed by atoms with Crippen molar-refractivity contribution in [2.24, 2.45) is 0 Å². The summed E-state index contributed by atoms with van der Waals surface area (Å²) in [7, 11) is 1.61. The fourth-order valence-electron chi connectivity index (χ4n) is 1.65. The molecule has 1 aromatic carbocycles. The van der Waals surface area contributed by atoms with Crippen molar-refractivity contribution in [2.45, 2.75) is 26.5 Å². The molecule has 0 bridgehead atoms. The molecule has 0 spiro atoms. The van der Waals surface area contributed by atoms with E-state index in [0.717, 1.165) is 10.8 Å². The molecule has 0 aliphatic carbocycles. The van der Waals surface area contributed by atoms with Gasteiger partial charge in [-0.15, -0.1) is 11.3 Å². The first-order valence-corrected chi connectivity index (χ1v) is 7.48. The maximum atomic E-state index is 11.8. The largest absolute Gasteiger partial charge is 0.497 e. The third-order valence-electron chi connectivity index (χ3n) is 2.61. The number of nitrogens with one attached hydrogen (secondary N) is 1. The molecule has 0 atom stereocenters. The van der Waals surface area contributed by atoms with Gasteiger partial charge in [-0.1, -0.05) is 6.07 Å². The Labute approximate surface area is 127 Å². The monoisotopic (exact) mass is 306 g/mol. The summed E-state index contributed by atoms with van der Waals surface area (Å²) in [5.41, 5.74) is 0.429. The third kappa shape index (κ3) is 4.46. The molecule has 0 aliphatic rings. The number of carbonyl (C=O) groups is 1. The summed E-state index contributed by atoms with van der Waals surface area (Å²) in [6.07, 6.45) is 0. The summed E-state index contributed by atoms with van der Waals surface area (Å²) in [5.74, 6) is 1.29. The molecule has 0 radical (unpaired) electrons. The zero-order valence-corrected chi connectivity index (χ0v) is 13.1. The number of amides is 1. The van der Waals surface area contributed by atoms with Gasteiger partial charge in [0.1, 0.15) is 28.8 Å². The number of thiazole rings is 1. The second-order valence-corrected chi connectivity index (χ2v) is 5.66. The molecule has 112 valence electrons. The number of benzene rings is 1. The highest BCUT2D eigenvalue weighted by molar-refractivity contribution is 7.09. The Morgan fingerprint density at radius 1 is 1.38 bits per heavy atom. The number of aromatic nitrogens is 1. The standard InChI is InChI=1S/C15H18N2O3S/c1-10(2)16-15(18)13-9-21-14(17-13)8-20-12-6-4-5-11(7-12)19-3/h4-7,9-10H,8H2,1-3H3,(H,16,18). The van der Waals surface area contributed by atoms with E-state index in [4.69, 9.17) is 9.47 Å². The Hall–Kier alpha value is -2.08. The van der Waals surface area contributed by atoms with Crippen molar-refractivity contribution in [1.29, 1.82) is 0 Å². The quantitative estimate of drug-likeness (QED) is 0.891. The number of carbonyl (C=O) groups excluding carboxylic acids is 1. The average molecular weight is 306 g/mol. The first-order chi connectivity index (χ1) is 10.1. The molecular weight excluding hydrogens is 288 g/mol. The smallest absolute Gasteiger partial charge is 0.270 e. The Balaban J connectivity index is 1.94. The number of nitrogens with zero attached hydrogens (tertiary/aromatic N) is 1. The second kappa shape index (κ2) is 7.08. The molecule has 1 aromatic heterocycles. The Kier molecular flexibility index (Phi) is 5.16. The molecule has 1 N–H and O–H groups in total. The van der Waals surface area contributed by atoms with Crippen LogP contribution in [0.4, 0.5) is 0 Å². The number of methoxy groups -OCH3 is 1. The van der Waals surface area contributed by atoms with E-state index >= 15 is 0 Å². The normalized spacial score (nSPS) is 10.5. The van der Waals surface area contributed by atoms with E-state index < -0.39 is 0 Å². The Morgan fingerprint density at radius 2 is 2.14 bits per heavy atom. The number of ether oxygens (including phenoxy) is 2. The topological polar surface area (TPSA) is 60.5 Å². The lowest BCUT2D eigenvalue weighted by Crippen LogP contribution is -2.30. The van der Waals surface area contributed by atoms with Crippen LogP contribution in [0.2, 0.25) is 0 Å². The van der Waals surface area contributed by atoms with Gasteiger partial charge in [0, 0.05) is 17.5 Å². The molecule has 6 heteroatoms. The van der Waals surface area contributed by atoms with Gasteiger partial charge in [0.05, 0.1) is 7.11 Å². The van der Waals surface area contributed by atoms with Crippen molar-refractivity contribution in [3.05, 3.63) is 40.3 Å². The Morgan fingerprint density at radius 3 is 2.86 bits per heavy atom. The van der Waals surface area contributed by atoms with Crippen LogP contribution in [-0.4, -0.2) is 24.0 Å². The van der Waals surface area contributed by atoms with Gasteiger partial charge in [-0.05, 0) is 26.0 Å². The van der Waals surface area contributed by atoms with Crippen LogP contribution in [0.15, 0.2) is 29.6 Å². The number of hydrogen-bond acceptors (Lipinski definition) is 5. The average Bonchev–Trinajstić information content (AvgIpc) is 2.94. The zero-order chi connectivity index (χ0) is 15.2. The second-order valence-electron chi connectivity index (χ2n) is 4.72. The Bertz CT molecular complexity index is 610. The third-order valence-corrected chi connectivity index (χ3v) is 3.43. The van der Waals surface area contributed by atoms with Crippen LogP contribution in [0.1, 0.15) is 29.3 Å². The van der Waals surface area contributed by atoms with Crippen LogP contribution in [0, 0.1) is 0 Å². The van der Waals surface area contributed by atoms with Gasteiger partial charge in [0.25, 0.3) is 5.91 Å². The maximum absolute atomic E-state index is 11.8. The van der Waals surface area contributed by atoms with Gasteiger partial charge in [0.15, 0.2) is 0 Å². The highest BCUT2D eigenvalue weighted by atomic mass is 32.1. The lowest BCUT2D eigenvalue weighted by Gasteiger charge is -2.06. The minimum absolute atomic E-state index is 0.0932. The molecule has 0 saturated heterocycles. The van der Waals surface area contributed by atoms with Crippen LogP contribution >= 0.6 is 11.3 Å². The number of hydrogen-bond donors (Lipinski definition) is 1. The van der Waals surface area contributed by atoms with E-state index in [1.54, 1.807) is 18.6 Å². The minimum atomic E-state index is -0.158. The fourth-order valence-corrected chi connectivity index (χ4v) is 2.34. The van der Waals surface area contributed by atoms with Crippen molar-refractivity contribution in [3.8, 4) is 11.5 Å². The van der Waals surface area contributed by atoms with Crippen LogP contribution < -0.4 is 14.8 Å². The lowest BCUT2D eigenvalue weighted by atomic mass is 10.3. The van der Waals surface area contributed by atoms with E-state index in [-0.39, 0.29) is 11.9 Å². The molecule has 5 nitrogen and oxygen atoms in total. The highest BCUT2D eigenvalue weighted by Crippen LogP contribution is 2.20. The molecule has 1 heterocycles. The van der Waals surface area contributed by atoms with E-state index in [9.17, 15) is 4.79 Å². The first kappa shape index (κ1) is 15.3. The summed E-state index contributed by atoms with van der Waals surface area (Å²) >= 11 is 1.41. The molecule has 0 saturated carbocycles. The van der Waals surface area contributed by atoms with Crippen molar-refractivity contribution in [3.63, 3.8) is 0 Å². The molecule has 2 aromatic rings.